The third-order valence-electron chi connectivity index (χ3n) is 3.27. The maximum Gasteiger partial charge on any atom is 0.130 e. The molecular weight excluding hydrogens is 273 g/mol. The second kappa shape index (κ2) is 6.81. The Balaban J connectivity index is 2.28. The van der Waals surface area contributed by atoms with Gasteiger partial charge in [0.1, 0.15) is 5.82 Å². The lowest BCUT2D eigenvalue weighted by molar-refractivity contribution is 0.540. The second-order valence-electron chi connectivity index (χ2n) is 4.79. The SMILES string of the molecule is CCNC(C)c1c(F)cccc1N(C)Cc1cscn1. The molecule has 1 heterocycles. The van der Waals surface area contributed by atoms with Crippen LogP contribution in [0.15, 0.2) is 29.1 Å². The molecule has 0 amide bonds. The number of anilines is 1. The molecule has 1 aromatic heterocycles. The molecule has 2 aromatic rings. The molecule has 3 nitrogen and oxygen atoms in total. The molecule has 2 rings (SSSR count). The Hall–Kier alpha value is -1.46. The van der Waals surface area contributed by atoms with Crippen molar-refractivity contribution < 1.29 is 4.39 Å². The van der Waals surface area contributed by atoms with E-state index in [0.717, 1.165) is 17.9 Å². The smallest absolute Gasteiger partial charge is 0.130 e. The van der Waals surface area contributed by atoms with Crippen LogP contribution in [-0.4, -0.2) is 18.6 Å². The van der Waals surface area contributed by atoms with Crippen LogP contribution in [-0.2, 0) is 6.54 Å². The van der Waals surface area contributed by atoms with Gasteiger partial charge in [-0.1, -0.05) is 13.0 Å². The van der Waals surface area contributed by atoms with Crippen LogP contribution in [0.5, 0.6) is 0 Å². The summed E-state index contributed by atoms with van der Waals surface area (Å²) in [5.74, 6) is -0.166. The van der Waals surface area contributed by atoms with Gasteiger partial charge in [-0.3, -0.25) is 0 Å². The van der Waals surface area contributed by atoms with Crippen LogP contribution >= 0.6 is 11.3 Å². The molecule has 0 aliphatic carbocycles. The number of nitrogens with zero attached hydrogens (tertiary/aromatic N) is 2. The number of benzene rings is 1. The summed E-state index contributed by atoms with van der Waals surface area (Å²) in [4.78, 5) is 6.33. The summed E-state index contributed by atoms with van der Waals surface area (Å²) < 4.78 is 14.2. The van der Waals surface area contributed by atoms with Gasteiger partial charge in [-0.25, -0.2) is 9.37 Å². The molecule has 0 fully saturated rings. The summed E-state index contributed by atoms with van der Waals surface area (Å²) >= 11 is 1.57. The van der Waals surface area contributed by atoms with Crippen molar-refractivity contribution in [2.24, 2.45) is 0 Å². The average Bonchev–Trinajstić information content (AvgIpc) is 2.91. The summed E-state index contributed by atoms with van der Waals surface area (Å²) in [5, 5.41) is 5.29. The zero-order chi connectivity index (χ0) is 14.5. The molecule has 108 valence electrons. The molecule has 0 spiro atoms. The molecule has 0 radical (unpaired) electrons. The standard InChI is InChI=1S/C15H20FN3S/c1-4-17-11(2)15-13(16)6-5-7-14(15)19(3)8-12-9-20-10-18-12/h5-7,9-11,17H,4,8H2,1-3H3. The highest BCUT2D eigenvalue weighted by atomic mass is 32.1. The predicted octanol–water partition coefficient (Wildman–Crippen LogP) is 3.59. The molecular formula is C15H20FN3S. The van der Waals surface area contributed by atoms with Gasteiger partial charge >= 0.3 is 0 Å². The molecule has 1 atom stereocenters. The number of halogens is 1. The minimum absolute atomic E-state index is 0.0194. The highest BCUT2D eigenvalue weighted by Gasteiger charge is 2.17. The predicted molar refractivity (Wildman–Crippen MR) is 82.7 cm³/mol. The van der Waals surface area contributed by atoms with Gasteiger partial charge in [-0.15, -0.1) is 11.3 Å². The first-order chi connectivity index (χ1) is 9.63. The van der Waals surface area contributed by atoms with E-state index in [1.54, 1.807) is 17.4 Å². The van der Waals surface area contributed by atoms with E-state index in [0.29, 0.717) is 12.1 Å². The van der Waals surface area contributed by atoms with Gasteiger partial charge in [0, 0.05) is 29.7 Å². The maximum absolute atomic E-state index is 14.2. The third kappa shape index (κ3) is 3.35. The van der Waals surface area contributed by atoms with Crippen molar-refractivity contribution in [1.29, 1.82) is 0 Å². The molecule has 0 saturated carbocycles. The van der Waals surface area contributed by atoms with Gasteiger partial charge in [-0.2, -0.15) is 0 Å². The summed E-state index contributed by atoms with van der Waals surface area (Å²) in [5.41, 5.74) is 4.44. The van der Waals surface area contributed by atoms with Gasteiger partial charge in [0.2, 0.25) is 0 Å². The summed E-state index contributed by atoms with van der Waals surface area (Å²) in [6, 6.07) is 5.21. The van der Waals surface area contributed by atoms with Crippen molar-refractivity contribution in [2.75, 3.05) is 18.5 Å². The Labute approximate surface area is 123 Å². The van der Waals surface area contributed by atoms with E-state index in [9.17, 15) is 4.39 Å². The first-order valence-corrected chi connectivity index (χ1v) is 7.67. The van der Waals surface area contributed by atoms with E-state index in [-0.39, 0.29) is 11.9 Å². The Morgan fingerprint density at radius 2 is 2.25 bits per heavy atom. The Bertz CT molecular complexity index is 542. The van der Waals surface area contributed by atoms with E-state index < -0.39 is 0 Å². The Kier molecular flexibility index (Phi) is 5.09. The van der Waals surface area contributed by atoms with Crippen LogP contribution in [0.1, 0.15) is 31.1 Å². The summed E-state index contributed by atoms with van der Waals surface area (Å²) in [6.45, 7) is 5.50. The largest absolute Gasteiger partial charge is 0.368 e. The molecule has 0 saturated heterocycles. The van der Waals surface area contributed by atoms with E-state index >= 15 is 0 Å². The molecule has 0 bridgehead atoms. The quantitative estimate of drug-likeness (QED) is 0.882. The second-order valence-corrected chi connectivity index (χ2v) is 5.51. The monoisotopic (exact) mass is 293 g/mol. The van der Waals surface area contributed by atoms with Crippen LogP contribution in [0.3, 0.4) is 0 Å². The highest BCUT2D eigenvalue weighted by Crippen LogP contribution is 2.29. The van der Waals surface area contributed by atoms with Gasteiger partial charge in [0.25, 0.3) is 0 Å². The third-order valence-corrected chi connectivity index (χ3v) is 3.90. The van der Waals surface area contributed by atoms with Crippen LogP contribution in [0.4, 0.5) is 10.1 Å². The number of hydrogen-bond acceptors (Lipinski definition) is 4. The molecule has 1 aromatic carbocycles. The maximum atomic E-state index is 14.2. The van der Waals surface area contributed by atoms with E-state index in [1.807, 2.05) is 42.8 Å². The fraction of sp³-hybridized carbons (Fsp3) is 0.400. The molecule has 0 aliphatic rings. The van der Waals surface area contributed by atoms with Gasteiger partial charge in [0.05, 0.1) is 17.7 Å². The van der Waals surface area contributed by atoms with Crippen molar-refractivity contribution >= 4 is 17.0 Å². The molecule has 20 heavy (non-hydrogen) atoms. The molecule has 0 aliphatic heterocycles. The van der Waals surface area contributed by atoms with E-state index in [4.69, 9.17) is 0 Å². The minimum Gasteiger partial charge on any atom is -0.368 e. The number of aromatic nitrogens is 1. The van der Waals surface area contributed by atoms with Crippen LogP contribution in [0.25, 0.3) is 0 Å². The molecule has 1 unspecified atom stereocenters. The van der Waals surface area contributed by atoms with Crippen molar-refractivity contribution in [3.63, 3.8) is 0 Å². The van der Waals surface area contributed by atoms with Crippen molar-refractivity contribution in [3.8, 4) is 0 Å². The van der Waals surface area contributed by atoms with Gasteiger partial charge in [0.15, 0.2) is 0 Å². The number of rotatable bonds is 6. The minimum atomic E-state index is -0.166. The van der Waals surface area contributed by atoms with Crippen molar-refractivity contribution in [2.45, 2.75) is 26.4 Å². The Morgan fingerprint density at radius 3 is 2.90 bits per heavy atom. The van der Waals surface area contributed by atoms with Crippen LogP contribution in [0.2, 0.25) is 0 Å². The first kappa shape index (κ1) is 14.9. The number of thiazole rings is 1. The van der Waals surface area contributed by atoms with Crippen molar-refractivity contribution in [3.05, 3.63) is 46.2 Å². The van der Waals surface area contributed by atoms with E-state index in [2.05, 4.69) is 10.3 Å². The summed E-state index contributed by atoms with van der Waals surface area (Å²) in [6.07, 6.45) is 0. The van der Waals surface area contributed by atoms with Gasteiger partial charge < -0.3 is 10.2 Å². The highest BCUT2D eigenvalue weighted by molar-refractivity contribution is 7.07. The van der Waals surface area contributed by atoms with Crippen molar-refractivity contribution in [1.82, 2.24) is 10.3 Å². The molecule has 5 heteroatoms. The van der Waals surface area contributed by atoms with E-state index in [1.165, 1.54) is 6.07 Å². The fourth-order valence-electron chi connectivity index (χ4n) is 2.34. The van der Waals surface area contributed by atoms with Crippen LogP contribution in [0, 0.1) is 5.82 Å². The average molecular weight is 293 g/mol. The lowest BCUT2D eigenvalue weighted by Crippen LogP contribution is -2.24. The number of hydrogen-bond donors (Lipinski definition) is 1. The lowest BCUT2D eigenvalue weighted by atomic mass is 10.0. The lowest BCUT2D eigenvalue weighted by Gasteiger charge is -2.25. The normalized spacial score (nSPS) is 12.4. The first-order valence-electron chi connectivity index (χ1n) is 6.73. The topological polar surface area (TPSA) is 28.2 Å². The van der Waals surface area contributed by atoms with Crippen LogP contribution < -0.4 is 10.2 Å². The zero-order valence-electron chi connectivity index (χ0n) is 12.1. The summed E-state index contributed by atoms with van der Waals surface area (Å²) in [7, 11) is 1.97. The molecule has 1 N–H and O–H groups in total. The fourth-order valence-corrected chi connectivity index (χ4v) is 2.89. The number of nitrogens with one attached hydrogen (secondary N) is 1. The Morgan fingerprint density at radius 1 is 1.45 bits per heavy atom. The van der Waals surface area contributed by atoms with Gasteiger partial charge in [-0.05, 0) is 25.6 Å². The zero-order valence-corrected chi connectivity index (χ0v) is 12.9.